The van der Waals surface area contributed by atoms with Crippen molar-refractivity contribution in [3.63, 3.8) is 0 Å². The van der Waals surface area contributed by atoms with Crippen molar-refractivity contribution in [2.24, 2.45) is 4.99 Å². The van der Waals surface area contributed by atoms with Crippen LogP contribution in [0.1, 0.15) is 6.92 Å². The molecule has 0 aromatic heterocycles. The zero-order chi connectivity index (χ0) is 10.4. The number of ether oxygens (including phenoxy) is 1. The molecule has 2 N–H and O–H groups in total. The van der Waals surface area contributed by atoms with Gasteiger partial charge in [0.05, 0.1) is 12.3 Å². The second-order valence-electron chi connectivity index (χ2n) is 2.60. The lowest BCUT2D eigenvalue weighted by atomic mass is 10.3. The van der Waals surface area contributed by atoms with Gasteiger partial charge < -0.3 is 10.5 Å². The standard InChI is InChI=1S/C10H12N2O2/c1-2-14-10(13)7-12-9-5-3-8(11)4-6-9/h3-7H,2,11H2,1H3/b12-7+. The highest BCUT2D eigenvalue weighted by Gasteiger charge is 1.94. The molecule has 4 heteroatoms. The van der Waals surface area contributed by atoms with Crippen molar-refractivity contribution >= 4 is 23.6 Å². The largest absolute Gasteiger partial charge is 0.462 e. The minimum atomic E-state index is -0.440. The highest BCUT2D eigenvalue weighted by Crippen LogP contribution is 2.12. The van der Waals surface area contributed by atoms with E-state index < -0.39 is 5.97 Å². The smallest absolute Gasteiger partial charge is 0.349 e. The van der Waals surface area contributed by atoms with Crippen LogP contribution in [-0.2, 0) is 9.53 Å². The second-order valence-corrected chi connectivity index (χ2v) is 2.60. The first kappa shape index (κ1) is 10.2. The normalized spacial score (nSPS) is 10.4. The van der Waals surface area contributed by atoms with Crippen molar-refractivity contribution in [2.75, 3.05) is 12.3 Å². The molecule has 0 amide bonds. The molecule has 0 spiro atoms. The first-order chi connectivity index (χ1) is 6.72. The van der Waals surface area contributed by atoms with Gasteiger partial charge >= 0.3 is 5.97 Å². The molecule has 0 atom stereocenters. The van der Waals surface area contributed by atoms with Crippen LogP contribution in [0, 0.1) is 0 Å². The fourth-order valence-electron chi connectivity index (χ4n) is 0.867. The molecule has 0 aliphatic rings. The first-order valence-electron chi connectivity index (χ1n) is 4.28. The van der Waals surface area contributed by atoms with E-state index in [9.17, 15) is 4.79 Å². The number of rotatable bonds is 3. The molecule has 0 aliphatic carbocycles. The molecular weight excluding hydrogens is 180 g/mol. The number of carbonyl (C=O) groups excluding carboxylic acids is 1. The summed E-state index contributed by atoms with van der Waals surface area (Å²) in [6.07, 6.45) is 1.15. The third-order valence-electron chi connectivity index (χ3n) is 1.50. The molecule has 0 unspecified atom stereocenters. The number of hydrogen-bond donors (Lipinski definition) is 1. The van der Waals surface area contributed by atoms with Crippen LogP contribution in [-0.4, -0.2) is 18.8 Å². The van der Waals surface area contributed by atoms with Gasteiger partial charge in [0, 0.05) is 5.69 Å². The predicted molar refractivity (Wildman–Crippen MR) is 55.6 cm³/mol. The van der Waals surface area contributed by atoms with Gasteiger partial charge in [-0.3, -0.25) is 0 Å². The maximum Gasteiger partial charge on any atom is 0.349 e. The molecule has 1 aromatic rings. The quantitative estimate of drug-likeness (QED) is 0.448. The Morgan fingerprint density at radius 1 is 1.50 bits per heavy atom. The van der Waals surface area contributed by atoms with Gasteiger partial charge in [0.2, 0.25) is 0 Å². The number of nitrogens with zero attached hydrogens (tertiary/aromatic N) is 1. The Labute approximate surface area is 82.4 Å². The molecule has 1 aromatic carbocycles. The Balaban J connectivity index is 2.60. The molecule has 0 aliphatic heterocycles. The highest BCUT2D eigenvalue weighted by molar-refractivity contribution is 6.23. The molecule has 4 nitrogen and oxygen atoms in total. The zero-order valence-corrected chi connectivity index (χ0v) is 7.93. The summed E-state index contributed by atoms with van der Waals surface area (Å²) in [6, 6.07) is 6.89. The van der Waals surface area contributed by atoms with E-state index in [1.165, 1.54) is 0 Å². The molecule has 74 valence electrons. The Morgan fingerprint density at radius 2 is 2.14 bits per heavy atom. The SMILES string of the molecule is CCOC(=O)/C=N/c1ccc(N)cc1. The lowest BCUT2D eigenvalue weighted by molar-refractivity contribution is -0.134. The summed E-state index contributed by atoms with van der Waals surface area (Å²) in [5.41, 5.74) is 6.83. The molecule has 0 radical (unpaired) electrons. The Morgan fingerprint density at radius 3 is 2.71 bits per heavy atom. The number of benzene rings is 1. The molecule has 0 saturated carbocycles. The van der Waals surface area contributed by atoms with Crippen LogP contribution >= 0.6 is 0 Å². The summed E-state index contributed by atoms with van der Waals surface area (Å²) in [5.74, 6) is -0.440. The van der Waals surface area contributed by atoms with Gasteiger partial charge in [-0.05, 0) is 31.2 Å². The van der Waals surface area contributed by atoms with E-state index in [2.05, 4.69) is 9.73 Å². The van der Waals surface area contributed by atoms with Crippen LogP contribution in [0.25, 0.3) is 0 Å². The van der Waals surface area contributed by atoms with Crippen LogP contribution in [0.3, 0.4) is 0 Å². The van der Waals surface area contributed by atoms with E-state index in [1.54, 1.807) is 31.2 Å². The fraction of sp³-hybridized carbons (Fsp3) is 0.200. The van der Waals surface area contributed by atoms with Gasteiger partial charge in [0.1, 0.15) is 6.21 Å². The highest BCUT2D eigenvalue weighted by atomic mass is 16.5. The van der Waals surface area contributed by atoms with E-state index in [0.717, 1.165) is 6.21 Å². The summed E-state index contributed by atoms with van der Waals surface area (Å²) in [7, 11) is 0. The lowest BCUT2D eigenvalue weighted by Crippen LogP contribution is -2.04. The average molecular weight is 192 g/mol. The van der Waals surface area contributed by atoms with Crippen molar-refractivity contribution < 1.29 is 9.53 Å². The van der Waals surface area contributed by atoms with Gasteiger partial charge in [-0.25, -0.2) is 9.79 Å². The second kappa shape index (κ2) is 5.01. The third kappa shape index (κ3) is 3.26. The molecule has 1 rings (SSSR count). The van der Waals surface area contributed by atoms with Crippen LogP contribution in [0.4, 0.5) is 11.4 Å². The molecular formula is C10H12N2O2. The predicted octanol–water partition coefficient (Wildman–Crippen LogP) is 1.53. The van der Waals surface area contributed by atoms with E-state index in [1.807, 2.05) is 0 Å². The molecule has 0 heterocycles. The van der Waals surface area contributed by atoms with Crippen molar-refractivity contribution in [2.45, 2.75) is 6.92 Å². The number of anilines is 1. The van der Waals surface area contributed by atoms with E-state index >= 15 is 0 Å². The van der Waals surface area contributed by atoms with E-state index in [-0.39, 0.29) is 0 Å². The van der Waals surface area contributed by atoms with Gasteiger partial charge in [0.15, 0.2) is 0 Å². The summed E-state index contributed by atoms with van der Waals surface area (Å²) in [6.45, 7) is 2.10. The number of nitrogens with two attached hydrogens (primary N) is 1. The number of aliphatic imine (C=N–C) groups is 1. The summed E-state index contributed by atoms with van der Waals surface area (Å²) in [5, 5.41) is 0. The summed E-state index contributed by atoms with van der Waals surface area (Å²) in [4.78, 5) is 14.8. The van der Waals surface area contributed by atoms with Gasteiger partial charge in [-0.1, -0.05) is 0 Å². The van der Waals surface area contributed by atoms with Crippen molar-refractivity contribution in [1.29, 1.82) is 0 Å². The van der Waals surface area contributed by atoms with Gasteiger partial charge in [-0.2, -0.15) is 0 Å². The average Bonchev–Trinajstić information content (AvgIpc) is 2.17. The van der Waals surface area contributed by atoms with Crippen molar-refractivity contribution in [1.82, 2.24) is 0 Å². The van der Waals surface area contributed by atoms with Crippen molar-refractivity contribution in [3.8, 4) is 0 Å². The Bertz CT molecular complexity index is 330. The van der Waals surface area contributed by atoms with E-state index in [4.69, 9.17) is 5.73 Å². The zero-order valence-electron chi connectivity index (χ0n) is 7.93. The third-order valence-corrected chi connectivity index (χ3v) is 1.50. The van der Waals surface area contributed by atoms with Gasteiger partial charge in [0.25, 0.3) is 0 Å². The van der Waals surface area contributed by atoms with Crippen LogP contribution in [0.2, 0.25) is 0 Å². The lowest BCUT2D eigenvalue weighted by Gasteiger charge is -1.95. The van der Waals surface area contributed by atoms with Gasteiger partial charge in [-0.15, -0.1) is 0 Å². The molecule has 0 fully saturated rings. The molecule has 14 heavy (non-hydrogen) atoms. The number of hydrogen-bond acceptors (Lipinski definition) is 4. The van der Waals surface area contributed by atoms with Crippen LogP contribution in [0.5, 0.6) is 0 Å². The molecule has 0 saturated heterocycles. The summed E-state index contributed by atoms with van der Waals surface area (Å²) < 4.78 is 4.67. The first-order valence-corrected chi connectivity index (χ1v) is 4.28. The van der Waals surface area contributed by atoms with Crippen molar-refractivity contribution in [3.05, 3.63) is 24.3 Å². The molecule has 0 bridgehead atoms. The fourth-order valence-corrected chi connectivity index (χ4v) is 0.867. The topological polar surface area (TPSA) is 64.7 Å². The maximum absolute atomic E-state index is 10.9. The number of nitrogen functional groups attached to an aromatic ring is 1. The summed E-state index contributed by atoms with van der Waals surface area (Å²) >= 11 is 0. The minimum Gasteiger partial charge on any atom is -0.462 e. The number of esters is 1. The Kier molecular flexibility index (Phi) is 3.67. The minimum absolute atomic E-state index is 0.354. The Hall–Kier alpha value is -1.84. The monoisotopic (exact) mass is 192 g/mol. The maximum atomic E-state index is 10.9. The van der Waals surface area contributed by atoms with Crippen LogP contribution in [0.15, 0.2) is 29.3 Å². The number of carbonyl (C=O) groups is 1. The van der Waals surface area contributed by atoms with E-state index in [0.29, 0.717) is 18.0 Å². The van der Waals surface area contributed by atoms with Crippen LogP contribution < -0.4 is 5.73 Å².